The highest BCUT2D eigenvalue weighted by atomic mass is 16.5. The Morgan fingerprint density at radius 1 is 0.257 bits per heavy atom. The van der Waals surface area contributed by atoms with Crippen LogP contribution in [0.15, 0.2) is 0 Å². The minimum atomic E-state index is -1.16. The molecule has 35 heavy (non-hydrogen) atoms. The molecule has 0 aromatic heterocycles. The van der Waals surface area contributed by atoms with Gasteiger partial charge in [0.15, 0.2) is 0 Å². The number of rotatable bonds is 18. The van der Waals surface area contributed by atoms with Gasteiger partial charge in [0, 0.05) is 0 Å². The Bertz CT molecular complexity index is 358. The van der Waals surface area contributed by atoms with Gasteiger partial charge in [0.25, 0.3) is 0 Å². The lowest BCUT2D eigenvalue weighted by Crippen LogP contribution is -2.43. The molecule has 0 spiro atoms. The molecule has 0 aliphatic carbocycles. The van der Waals surface area contributed by atoms with Crippen LogP contribution in [0.3, 0.4) is 0 Å². The molecule has 0 aromatic carbocycles. The largest absolute Gasteiger partial charge is 0.396 e. The minimum Gasteiger partial charge on any atom is -0.396 e. The number of hydrogen-bond acceptors (Lipinski definition) is 15. The van der Waals surface area contributed by atoms with E-state index in [4.69, 9.17) is 76.2 Å². The average Bonchev–Trinajstić information content (AvgIpc) is 2.94. The van der Waals surface area contributed by atoms with E-state index in [2.05, 4.69) is 0 Å². The molecule has 14 N–H and O–H groups in total. The maximum absolute atomic E-state index is 9.03. The van der Waals surface area contributed by atoms with Crippen LogP contribution in [-0.2, 0) is 4.74 Å². The third-order valence-corrected chi connectivity index (χ3v) is 5.51. The van der Waals surface area contributed by atoms with Crippen LogP contribution in [-0.4, -0.2) is 177 Å². The fourth-order valence-corrected chi connectivity index (χ4v) is 1.66. The molecule has 0 unspecified atom stereocenters. The summed E-state index contributed by atoms with van der Waals surface area (Å²) in [7, 11) is 0. The molecule has 216 valence electrons. The van der Waals surface area contributed by atoms with Crippen molar-refractivity contribution in [1.29, 1.82) is 0 Å². The van der Waals surface area contributed by atoms with Crippen LogP contribution in [0.4, 0.5) is 0 Å². The third-order valence-electron chi connectivity index (χ3n) is 5.51. The van der Waals surface area contributed by atoms with Gasteiger partial charge in [-0.1, -0.05) is 0 Å². The topological polar surface area (TPSA) is 292 Å². The van der Waals surface area contributed by atoms with E-state index in [0.29, 0.717) is 0 Å². The van der Waals surface area contributed by atoms with E-state index >= 15 is 0 Å². The summed E-state index contributed by atoms with van der Waals surface area (Å²) in [6.45, 7) is -6.26. The molecule has 0 aliphatic heterocycles. The standard InChI is InChI=1S/C10H22O7.2C5H12O4/c11-1-9(2-12,3-13)7-17-8-10(4-14,5-15)6-16;2*6-1-5(2-7,3-8)4-9/h11-16H,1-8H2;2*6-9H,1-4H2. The van der Waals surface area contributed by atoms with Gasteiger partial charge in [0.1, 0.15) is 0 Å². The van der Waals surface area contributed by atoms with Crippen molar-refractivity contribution < 1.29 is 76.2 Å². The predicted molar refractivity (Wildman–Crippen MR) is 120 cm³/mol. The van der Waals surface area contributed by atoms with E-state index in [1.807, 2.05) is 0 Å². The van der Waals surface area contributed by atoms with Crippen molar-refractivity contribution in [2.45, 2.75) is 0 Å². The minimum absolute atomic E-state index is 0.141. The molecular formula is C20H46O15. The molecule has 15 nitrogen and oxygen atoms in total. The van der Waals surface area contributed by atoms with Crippen LogP contribution in [0.5, 0.6) is 0 Å². The Kier molecular flexibility index (Phi) is 23.9. The highest BCUT2D eigenvalue weighted by Gasteiger charge is 2.33. The molecule has 0 atom stereocenters. The number of aliphatic hydroxyl groups excluding tert-OH is 14. The molecule has 0 amide bonds. The van der Waals surface area contributed by atoms with Gasteiger partial charge < -0.3 is 76.2 Å². The van der Waals surface area contributed by atoms with Crippen LogP contribution in [0.1, 0.15) is 0 Å². The summed E-state index contributed by atoms with van der Waals surface area (Å²) < 4.78 is 5.15. The quantitative estimate of drug-likeness (QED) is 0.0789. The van der Waals surface area contributed by atoms with Crippen molar-refractivity contribution in [2.75, 3.05) is 106 Å². The smallest absolute Gasteiger partial charge is 0.0629 e. The first-order valence-electron chi connectivity index (χ1n) is 10.7. The van der Waals surface area contributed by atoms with Crippen LogP contribution in [0.2, 0.25) is 0 Å². The molecule has 0 fully saturated rings. The normalized spacial score (nSPS) is 12.5. The monoisotopic (exact) mass is 526 g/mol. The van der Waals surface area contributed by atoms with Crippen LogP contribution >= 0.6 is 0 Å². The second-order valence-electron chi connectivity index (χ2n) is 8.71. The van der Waals surface area contributed by atoms with Crippen molar-refractivity contribution >= 4 is 0 Å². The van der Waals surface area contributed by atoms with Crippen molar-refractivity contribution in [1.82, 2.24) is 0 Å². The van der Waals surface area contributed by atoms with Gasteiger partial charge in [-0.3, -0.25) is 0 Å². The van der Waals surface area contributed by atoms with Crippen LogP contribution in [0.25, 0.3) is 0 Å². The summed E-state index contributed by atoms with van der Waals surface area (Å²) in [5.41, 5.74) is -4.54. The number of ether oxygens (including phenoxy) is 1. The maximum atomic E-state index is 9.03. The summed E-state index contributed by atoms with van der Waals surface area (Å²) >= 11 is 0. The molecule has 0 bridgehead atoms. The summed E-state index contributed by atoms with van der Waals surface area (Å²) in [5.74, 6) is 0. The highest BCUT2D eigenvalue weighted by molar-refractivity contribution is 4.80. The molecule has 0 saturated heterocycles. The Balaban J connectivity index is -0.000000481. The maximum Gasteiger partial charge on any atom is 0.0629 e. The Morgan fingerprint density at radius 3 is 0.486 bits per heavy atom. The summed E-state index contributed by atoms with van der Waals surface area (Å²) in [4.78, 5) is 0. The molecule has 15 heteroatoms. The van der Waals surface area contributed by atoms with Crippen molar-refractivity contribution in [3.05, 3.63) is 0 Å². The number of aliphatic hydroxyl groups is 14. The van der Waals surface area contributed by atoms with E-state index in [-0.39, 0.29) is 13.2 Å². The Labute approximate surface area is 204 Å². The molecule has 0 saturated carbocycles. The molecule has 0 aromatic rings. The van der Waals surface area contributed by atoms with E-state index in [9.17, 15) is 0 Å². The van der Waals surface area contributed by atoms with Crippen molar-refractivity contribution in [3.63, 3.8) is 0 Å². The van der Waals surface area contributed by atoms with E-state index in [1.165, 1.54) is 0 Å². The van der Waals surface area contributed by atoms with Crippen LogP contribution in [0, 0.1) is 21.7 Å². The average molecular weight is 527 g/mol. The lowest BCUT2D eigenvalue weighted by Gasteiger charge is -2.31. The summed E-state index contributed by atoms with van der Waals surface area (Å²) in [6, 6.07) is 0. The van der Waals surface area contributed by atoms with Gasteiger partial charge in [-0.25, -0.2) is 0 Å². The zero-order valence-corrected chi connectivity index (χ0v) is 20.0. The SMILES string of the molecule is OCC(CO)(CO)CO.OCC(CO)(CO)CO.OCC(CO)(CO)COCC(CO)(CO)CO. The van der Waals surface area contributed by atoms with Gasteiger partial charge in [0.2, 0.25) is 0 Å². The van der Waals surface area contributed by atoms with Gasteiger partial charge >= 0.3 is 0 Å². The van der Waals surface area contributed by atoms with Gasteiger partial charge in [-0.2, -0.15) is 0 Å². The molecule has 0 aliphatic rings. The van der Waals surface area contributed by atoms with E-state index in [0.717, 1.165) is 0 Å². The zero-order chi connectivity index (χ0) is 28.0. The number of hydrogen-bond donors (Lipinski definition) is 14. The van der Waals surface area contributed by atoms with Gasteiger partial charge in [0.05, 0.1) is 127 Å². The van der Waals surface area contributed by atoms with Crippen molar-refractivity contribution in [2.24, 2.45) is 21.7 Å². The molecule has 0 radical (unpaired) electrons. The first kappa shape index (κ1) is 38.9. The Hall–Kier alpha value is -0.600. The van der Waals surface area contributed by atoms with Gasteiger partial charge in [-0.05, 0) is 0 Å². The van der Waals surface area contributed by atoms with Gasteiger partial charge in [-0.15, -0.1) is 0 Å². The Morgan fingerprint density at radius 2 is 0.400 bits per heavy atom. The predicted octanol–water partition coefficient (Wildman–Crippen LogP) is -7.19. The van der Waals surface area contributed by atoms with Crippen LogP contribution < -0.4 is 0 Å². The highest BCUT2D eigenvalue weighted by Crippen LogP contribution is 2.19. The molecule has 0 heterocycles. The summed E-state index contributed by atoms with van der Waals surface area (Å²) in [6.07, 6.45) is 0. The first-order chi connectivity index (χ1) is 16.6. The van der Waals surface area contributed by atoms with E-state index < -0.39 is 114 Å². The van der Waals surface area contributed by atoms with E-state index in [1.54, 1.807) is 0 Å². The molecule has 0 rings (SSSR count). The first-order valence-corrected chi connectivity index (χ1v) is 10.7. The fourth-order valence-electron chi connectivity index (χ4n) is 1.66. The lowest BCUT2D eigenvalue weighted by molar-refractivity contribution is -0.103. The summed E-state index contributed by atoms with van der Waals surface area (Å²) in [5, 5.41) is 122. The second kappa shape index (κ2) is 21.5. The van der Waals surface area contributed by atoms with Crippen molar-refractivity contribution in [3.8, 4) is 0 Å². The second-order valence-corrected chi connectivity index (χ2v) is 8.71. The molecular weight excluding hydrogens is 480 g/mol. The zero-order valence-electron chi connectivity index (χ0n) is 20.0. The fraction of sp³-hybridized carbons (Fsp3) is 1.00. The third kappa shape index (κ3) is 13.5. The lowest BCUT2D eigenvalue weighted by atomic mass is 9.91.